The highest BCUT2D eigenvalue weighted by Crippen LogP contribution is 2.38. The summed E-state index contributed by atoms with van der Waals surface area (Å²) in [7, 11) is -1.59. The molecule has 0 fully saturated rings. The van der Waals surface area contributed by atoms with Crippen molar-refractivity contribution >= 4 is 125 Å². The Morgan fingerprint density at radius 2 is 0.748 bits per heavy atom. The van der Waals surface area contributed by atoms with Crippen molar-refractivity contribution in [2.24, 2.45) is 0 Å². The molecule has 20 rings (SSSR count). The first-order valence-electron chi connectivity index (χ1n) is 37.4. The van der Waals surface area contributed by atoms with Gasteiger partial charge in [0.2, 0.25) is 0 Å². The Hall–Kier alpha value is -14.9. The lowest BCUT2D eigenvalue weighted by atomic mass is 9.83. The van der Waals surface area contributed by atoms with Gasteiger partial charge in [-0.15, -0.1) is 0 Å². The summed E-state index contributed by atoms with van der Waals surface area (Å²) in [6.07, 6.45) is 3.41. The summed E-state index contributed by atoms with van der Waals surface area (Å²) in [6.45, 7) is 0. The van der Waals surface area contributed by atoms with Gasteiger partial charge in [0.1, 0.15) is 22.3 Å². The molecule has 27 heteroatoms. The molecule has 0 saturated heterocycles. The second kappa shape index (κ2) is 36.7. The molecule has 9 heterocycles. The van der Waals surface area contributed by atoms with E-state index in [1.807, 2.05) is 303 Å². The van der Waals surface area contributed by atoms with Gasteiger partial charge in [-0.2, -0.15) is 19.9 Å². The number of pyridine rings is 4. The molecule has 0 amide bonds. The van der Waals surface area contributed by atoms with E-state index in [-0.39, 0.29) is 29.2 Å². The number of furan rings is 2. The molecule has 22 nitrogen and oxygen atoms in total. The van der Waals surface area contributed by atoms with Crippen LogP contribution in [0, 0.1) is 0 Å². The van der Waals surface area contributed by atoms with Crippen LogP contribution in [0.2, 0.25) is 0 Å². The molecule has 569 valence electrons. The van der Waals surface area contributed by atoms with E-state index in [0.717, 1.165) is 144 Å². The average molecular weight is 1560 g/mol. The molecule has 0 saturated carbocycles. The van der Waals surface area contributed by atoms with Gasteiger partial charge in [0.25, 0.3) is 0 Å². The quantitative estimate of drug-likeness (QED) is 0.0442. The van der Waals surface area contributed by atoms with Crippen LogP contribution < -0.4 is 25.3 Å². The summed E-state index contributed by atoms with van der Waals surface area (Å²) in [5, 5.41) is 73.3. The Bertz CT molecular complexity index is 6540. The third kappa shape index (κ3) is 18.1. The fourth-order valence-electron chi connectivity index (χ4n) is 13.6. The zero-order valence-corrected chi connectivity index (χ0v) is 62.9. The van der Waals surface area contributed by atoms with E-state index >= 15 is 0 Å². The lowest BCUT2D eigenvalue weighted by Crippen LogP contribution is -2.35. The average Bonchev–Trinajstić information content (AvgIpc) is 1.62. The van der Waals surface area contributed by atoms with Crippen LogP contribution in [0.4, 0.5) is 0 Å². The molecule has 0 bridgehead atoms. The first kappa shape index (κ1) is 78.0. The molecule has 0 unspecified atom stereocenters. The zero-order chi connectivity index (χ0) is 81.4. The van der Waals surface area contributed by atoms with Crippen LogP contribution in [-0.4, -0.2) is 122 Å². The van der Waals surface area contributed by atoms with Crippen LogP contribution in [0.15, 0.2) is 355 Å². The molecule has 119 heavy (non-hydrogen) atoms. The molecule has 11 aromatic carbocycles. The van der Waals surface area contributed by atoms with Crippen molar-refractivity contribution in [2.75, 3.05) is 0 Å². The Morgan fingerprint density at radius 3 is 1.34 bits per heavy atom. The first-order chi connectivity index (χ1) is 58.5. The van der Waals surface area contributed by atoms with E-state index in [1.165, 1.54) is 0 Å². The molecule has 0 spiro atoms. The van der Waals surface area contributed by atoms with Gasteiger partial charge < -0.3 is 58.0 Å². The number of para-hydroxylation sites is 4. The van der Waals surface area contributed by atoms with E-state index in [1.54, 1.807) is 24.5 Å². The highest BCUT2D eigenvalue weighted by Gasteiger charge is 2.22. The van der Waals surface area contributed by atoms with Gasteiger partial charge in [-0.1, -0.05) is 231 Å². The van der Waals surface area contributed by atoms with Crippen LogP contribution >= 0.6 is 0 Å². The van der Waals surface area contributed by atoms with Crippen molar-refractivity contribution in [3.05, 3.63) is 346 Å². The van der Waals surface area contributed by atoms with Gasteiger partial charge in [-0.05, 0) is 119 Å². The van der Waals surface area contributed by atoms with Crippen molar-refractivity contribution in [1.29, 1.82) is 0 Å². The Kier molecular flexibility index (Phi) is 24.1. The highest BCUT2D eigenvalue weighted by molar-refractivity contribution is 6.58. The van der Waals surface area contributed by atoms with Gasteiger partial charge in [0.15, 0.2) is 11.6 Å². The standard InChI is InChI=1S/C29H18BNO4.C18H12BN2O2.C16H12BN2O2.C15H11BN3O2.C14H11BN2O2/c32-30(33)29-16-19(17-9-11-22-20-5-1-3-7-25(20)34-27(22)14-17)13-24(31-29)18-10-12-23-21-6-2-4-8-26(21)35-28(23)15-18;22-19-23-18-20-16-11-4-3-9-15(16)17(21-18)14-10-5-7-12-6-1-2-8-13(12)14;20-17-21-16-18-14(12-7-3-1-4-8-12)11-15(19-16)13-9-5-2-6-10-13;20-16-21-15-10-11(12-5-1-3-7-17-12)9-14(19-15)13-6-2-4-8-18-13;18-15(19)14-16-12-9-5-4-8-11(12)13(17-14)10-6-2-1-3-7-10/h1-16,32-33H;1-11,22H;1-11,20H;1-10,20H;1-9,18-19H. The van der Waals surface area contributed by atoms with Crippen LogP contribution in [-0.2, 0) is 0 Å². The summed E-state index contributed by atoms with van der Waals surface area (Å²) in [4.78, 5) is 43.2. The second-order valence-corrected chi connectivity index (χ2v) is 26.6. The van der Waals surface area contributed by atoms with E-state index in [9.17, 15) is 20.1 Å². The minimum Gasteiger partial charge on any atom is -0.523 e. The predicted octanol–water partition coefficient (Wildman–Crippen LogP) is 15.1. The highest BCUT2D eigenvalue weighted by atomic mass is 16.5. The number of hydrogen-bond acceptors (Lipinski definition) is 22. The van der Waals surface area contributed by atoms with Crippen LogP contribution in [0.25, 0.3) is 167 Å². The van der Waals surface area contributed by atoms with Gasteiger partial charge in [-0.3, -0.25) is 15.0 Å². The smallest absolute Gasteiger partial charge is 0.523 e. The zero-order valence-electron chi connectivity index (χ0n) is 62.9. The number of nitrogens with zero attached hydrogens (tertiary/aromatic N) is 10. The van der Waals surface area contributed by atoms with Crippen LogP contribution in [0.3, 0.4) is 0 Å². The summed E-state index contributed by atoms with van der Waals surface area (Å²) >= 11 is 0. The monoisotopic (exact) mass is 1560 g/mol. The van der Waals surface area contributed by atoms with E-state index in [2.05, 4.69) is 68.0 Å². The number of rotatable bonds is 16. The van der Waals surface area contributed by atoms with Gasteiger partial charge >= 0.3 is 49.3 Å². The van der Waals surface area contributed by atoms with Gasteiger partial charge in [-0.25, -0.2) is 15.0 Å². The van der Waals surface area contributed by atoms with E-state index in [0.29, 0.717) is 45.7 Å². The van der Waals surface area contributed by atoms with Crippen molar-refractivity contribution < 1.29 is 58.0 Å². The minimum atomic E-state index is -1.70. The van der Waals surface area contributed by atoms with Crippen LogP contribution in [0.1, 0.15) is 0 Å². The molecule has 7 N–H and O–H groups in total. The Labute approximate surface area is 683 Å². The number of fused-ring (bicyclic) bond motifs is 9. The summed E-state index contributed by atoms with van der Waals surface area (Å²) in [5.41, 5.74) is 17.8. The van der Waals surface area contributed by atoms with Gasteiger partial charge in [0.05, 0.1) is 62.2 Å². The first-order valence-corrected chi connectivity index (χ1v) is 37.4. The molecule has 0 aliphatic heterocycles. The number of benzene rings is 11. The molecule has 0 atom stereocenters. The fraction of sp³-hybridized carbons (Fsp3) is 0. The third-order valence-electron chi connectivity index (χ3n) is 19.0. The largest absolute Gasteiger partial charge is 0.571 e. The fourth-order valence-corrected chi connectivity index (χ4v) is 13.6. The number of aromatic nitrogens is 10. The Balaban J connectivity index is 0.000000113. The SMILES string of the molecule is OB(O)c1cc(-c2ccc3c(c2)oc2ccccc23)cc(-c2ccc3c(c2)oc2ccccc23)n1.OB(O)c1nc(-c2ccccc2)c2ccccc2n1.O[B]Oc1cc(-c2ccccn2)cc(-c2ccccn2)n1.O[B]Oc1nc(-c2cccc3ccccc23)c2ccccc2n1.O[B]Oc1nc(-c2ccccc2)cc(-c2ccccc2)n1. The van der Waals surface area contributed by atoms with Crippen molar-refractivity contribution in [3.63, 3.8) is 0 Å². The van der Waals surface area contributed by atoms with Crippen LogP contribution in [0.5, 0.6) is 17.9 Å². The molecule has 0 aliphatic carbocycles. The van der Waals surface area contributed by atoms with E-state index < -0.39 is 14.2 Å². The maximum Gasteiger partial charge on any atom is 0.571 e. The molecule has 20 aromatic rings. The predicted molar refractivity (Wildman–Crippen MR) is 466 cm³/mol. The normalized spacial score (nSPS) is 10.8. The molecule has 0 aliphatic rings. The number of hydrogen-bond donors (Lipinski definition) is 7. The summed E-state index contributed by atoms with van der Waals surface area (Å²) in [5.74, 6) is 0.279. The van der Waals surface area contributed by atoms with Gasteiger partial charge in [0, 0.05) is 84.2 Å². The third-order valence-corrected chi connectivity index (χ3v) is 19.0. The second-order valence-electron chi connectivity index (χ2n) is 26.6. The molecular weight excluding hydrogens is 1490 g/mol. The van der Waals surface area contributed by atoms with Crippen molar-refractivity contribution in [1.82, 2.24) is 49.8 Å². The lowest BCUT2D eigenvalue weighted by molar-refractivity contribution is 0.422. The molecule has 9 aromatic heterocycles. The maximum absolute atomic E-state index is 9.96. The maximum atomic E-state index is 9.96. The van der Waals surface area contributed by atoms with E-state index in [4.69, 9.17) is 37.9 Å². The lowest BCUT2D eigenvalue weighted by Gasteiger charge is -2.11. The summed E-state index contributed by atoms with van der Waals surface area (Å²) in [6, 6.07) is 107. The minimum absolute atomic E-state index is 0.0116. The summed E-state index contributed by atoms with van der Waals surface area (Å²) < 4.78 is 27.0. The molecular formula is C92H64B5N10O12. The Morgan fingerprint density at radius 1 is 0.269 bits per heavy atom. The molecule has 3 radical (unpaired) electrons. The van der Waals surface area contributed by atoms with Crippen molar-refractivity contribution in [2.45, 2.75) is 0 Å². The topological polar surface area (TPSA) is 324 Å². The van der Waals surface area contributed by atoms with Crippen molar-refractivity contribution in [3.8, 4) is 108 Å².